The average Bonchev–Trinajstić information content (AvgIpc) is 2.73. The Hall–Kier alpha value is -2.51. The van der Waals surface area contributed by atoms with Crippen LogP contribution in [0.3, 0.4) is 0 Å². The van der Waals surface area contributed by atoms with Crippen molar-refractivity contribution in [3.05, 3.63) is 46.1 Å². The first-order valence-electron chi connectivity index (χ1n) is 9.55. The number of carbonyl (C=O) groups is 1. The van der Waals surface area contributed by atoms with E-state index in [0.29, 0.717) is 28.4 Å². The molecule has 0 bridgehead atoms. The minimum absolute atomic E-state index is 0.258. The Balaban J connectivity index is 2.12. The van der Waals surface area contributed by atoms with E-state index in [9.17, 15) is 14.1 Å². The summed E-state index contributed by atoms with van der Waals surface area (Å²) in [5.41, 5.74) is 0.610. The standard InChI is InChI=1S/C22H24O6S/c1-4-5-6-7-10-27-19-13-15(29(3)25)12-17-20(23)16-11-14(22(24)26-2)8-9-18(16)28-21(17)19/h8-9,11-13H,4-7,10H2,1-3H3. The number of benzene rings is 2. The number of rotatable bonds is 8. The fourth-order valence-electron chi connectivity index (χ4n) is 3.13. The van der Waals surface area contributed by atoms with Gasteiger partial charge in [-0.3, -0.25) is 4.79 Å². The highest BCUT2D eigenvalue weighted by atomic mass is 32.2. The number of ether oxygens (including phenoxy) is 2. The molecule has 29 heavy (non-hydrogen) atoms. The Morgan fingerprint density at radius 3 is 2.62 bits per heavy atom. The van der Waals surface area contributed by atoms with Crippen LogP contribution in [0, 0.1) is 0 Å². The summed E-state index contributed by atoms with van der Waals surface area (Å²) in [7, 11) is 1.28. The van der Waals surface area contributed by atoms with Crippen molar-refractivity contribution in [2.45, 2.75) is 37.5 Å². The van der Waals surface area contributed by atoms with Gasteiger partial charge in [-0.1, -0.05) is 26.2 Å². The van der Waals surface area contributed by atoms with Gasteiger partial charge in [0.15, 0.2) is 16.2 Å². The van der Waals surface area contributed by atoms with Gasteiger partial charge in [0.2, 0.25) is 5.43 Å². The first-order chi connectivity index (χ1) is 14.0. The molecule has 1 atom stereocenters. The van der Waals surface area contributed by atoms with E-state index >= 15 is 0 Å². The van der Waals surface area contributed by atoms with Crippen LogP contribution in [-0.4, -0.2) is 30.5 Å². The van der Waals surface area contributed by atoms with Crippen LogP contribution in [0.2, 0.25) is 0 Å². The Labute approximate surface area is 172 Å². The lowest BCUT2D eigenvalue weighted by atomic mass is 10.1. The van der Waals surface area contributed by atoms with Crippen molar-refractivity contribution >= 4 is 39.1 Å². The van der Waals surface area contributed by atoms with Crippen molar-refractivity contribution in [2.24, 2.45) is 0 Å². The molecule has 1 unspecified atom stereocenters. The largest absolute Gasteiger partial charge is 0.612 e. The second-order valence-corrected chi connectivity index (χ2v) is 8.17. The van der Waals surface area contributed by atoms with Crippen LogP contribution in [0.4, 0.5) is 0 Å². The highest BCUT2D eigenvalue weighted by Crippen LogP contribution is 2.31. The van der Waals surface area contributed by atoms with Crippen LogP contribution < -0.4 is 10.2 Å². The number of hydrogen-bond donors (Lipinski definition) is 0. The number of methoxy groups -OCH3 is 1. The third kappa shape index (κ3) is 4.57. The van der Waals surface area contributed by atoms with Gasteiger partial charge in [-0.15, -0.1) is 0 Å². The first kappa shape index (κ1) is 21.2. The van der Waals surface area contributed by atoms with Gasteiger partial charge < -0.3 is 18.4 Å². The van der Waals surface area contributed by atoms with E-state index in [2.05, 4.69) is 6.92 Å². The quantitative estimate of drug-likeness (QED) is 0.234. The molecule has 0 amide bonds. The molecule has 0 aliphatic heterocycles. The summed E-state index contributed by atoms with van der Waals surface area (Å²) in [6, 6.07) is 7.79. The van der Waals surface area contributed by atoms with Crippen LogP contribution in [0.1, 0.15) is 43.0 Å². The number of esters is 1. The molecule has 7 heteroatoms. The fraction of sp³-hybridized carbons (Fsp3) is 0.364. The Morgan fingerprint density at radius 1 is 1.14 bits per heavy atom. The number of unbranched alkanes of at least 4 members (excludes halogenated alkanes) is 3. The van der Waals surface area contributed by atoms with E-state index < -0.39 is 17.1 Å². The molecule has 0 aliphatic carbocycles. The van der Waals surface area contributed by atoms with E-state index in [4.69, 9.17) is 13.9 Å². The van der Waals surface area contributed by atoms with Crippen LogP contribution in [0.25, 0.3) is 21.9 Å². The number of carbonyl (C=O) groups excluding carboxylic acids is 1. The SMILES string of the molecule is CCCCCCOc1cc([S+](C)[O-])cc2c(=O)c3cc(C(=O)OC)ccc3oc12. The molecule has 1 aromatic heterocycles. The maximum Gasteiger partial charge on any atom is 0.337 e. The van der Waals surface area contributed by atoms with Crippen LogP contribution in [-0.2, 0) is 15.9 Å². The van der Waals surface area contributed by atoms with Crippen molar-refractivity contribution in [1.29, 1.82) is 0 Å². The molecule has 0 N–H and O–H groups in total. The van der Waals surface area contributed by atoms with Crippen molar-refractivity contribution < 1.29 is 23.2 Å². The van der Waals surface area contributed by atoms with Gasteiger partial charge in [-0.25, -0.2) is 4.79 Å². The molecule has 0 radical (unpaired) electrons. The molecule has 0 spiro atoms. The van der Waals surface area contributed by atoms with Crippen molar-refractivity contribution in [1.82, 2.24) is 0 Å². The number of hydrogen-bond acceptors (Lipinski definition) is 6. The normalized spacial score (nSPS) is 12.3. The van der Waals surface area contributed by atoms with Gasteiger partial charge in [0, 0.05) is 12.1 Å². The van der Waals surface area contributed by atoms with E-state index in [1.807, 2.05) is 0 Å². The lowest BCUT2D eigenvalue weighted by Gasteiger charge is -2.12. The third-order valence-corrected chi connectivity index (χ3v) is 5.62. The van der Waals surface area contributed by atoms with Gasteiger partial charge in [0.25, 0.3) is 0 Å². The Morgan fingerprint density at radius 2 is 1.93 bits per heavy atom. The second kappa shape index (κ2) is 9.33. The molecule has 0 fully saturated rings. The highest BCUT2D eigenvalue weighted by Gasteiger charge is 2.19. The predicted octanol–water partition coefficient (Wildman–Crippen LogP) is 4.43. The molecule has 2 aromatic carbocycles. The van der Waals surface area contributed by atoms with E-state index in [1.54, 1.807) is 30.5 Å². The summed E-state index contributed by atoms with van der Waals surface area (Å²) in [6.45, 7) is 2.62. The zero-order valence-corrected chi connectivity index (χ0v) is 17.6. The summed E-state index contributed by atoms with van der Waals surface area (Å²) < 4.78 is 28.7. The van der Waals surface area contributed by atoms with Gasteiger partial charge in [0.1, 0.15) is 11.8 Å². The fourth-order valence-corrected chi connectivity index (χ4v) is 3.69. The molecule has 0 saturated heterocycles. The summed E-state index contributed by atoms with van der Waals surface area (Å²) in [5.74, 6) is -0.133. The molecule has 6 nitrogen and oxygen atoms in total. The van der Waals surface area contributed by atoms with E-state index in [0.717, 1.165) is 25.7 Å². The topological polar surface area (TPSA) is 88.8 Å². The van der Waals surface area contributed by atoms with E-state index in [-0.39, 0.29) is 21.8 Å². The smallest absolute Gasteiger partial charge is 0.337 e. The maximum atomic E-state index is 13.1. The predicted molar refractivity (Wildman–Crippen MR) is 113 cm³/mol. The van der Waals surface area contributed by atoms with Crippen LogP contribution in [0.15, 0.2) is 44.4 Å². The Kier molecular flexibility index (Phi) is 6.82. The minimum atomic E-state index is -1.30. The average molecular weight is 416 g/mol. The molecule has 154 valence electrons. The van der Waals surface area contributed by atoms with Crippen molar-refractivity contribution in [3.63, 3.8) is 0 Å². The molecule has 3 rings (SSSR count). The van der Waals surface area contributed by atoms with Gasteiger partial charge in [0.05, 0.1) is 30.1 Å². The Bertz CT molecular complexity index is 1090. The summed E-state index contributed by atoms with van der Waals surface area (Å²) in [4.78, 5) is 25.4. The number of fused-ring (bicyclic) bond motifs is 2. The van der Waals surface area contributed by atoms with Crippen LogP contribution >= 0.6 is 0 Å². The molecular formula is C22H24O6S. The van der Waals surface area contributed by atoms with Crippen molar-refractivity contribution in [2.75, 3.05) is 20.0 Å². The molecule has 0 saturated carbocycles. The second-order valence-electron chi connectivity index (χ2n) is 6.80. The van der Waals surface area contributed by atoms with Gasteiger partial charge >= 0.3 is 5.97 Å². The van der Waals surface area contributed by atoms with E-state index in [1.165, 1.54) is 13.2 Å². The zero-order valence-electron chi connectivity index (χ0n) is 16.8. The first-order valence-corrected chi connectivity index (χ1v) is 11.1. The third-order valence-electron chi connectivity index (χ3n) is 4.72. The highest BCUT2D eigenvalue weighted by molar-refractivity contribution is 7.90. The van der Waals surface area contributed by atoms with Gasteiger partial charge in [-0.05, 0) is 35.8 Å². The van der Waals surface area contributed by atoms with Crippen molar-refractivity contribution in [3.8, 4) is 5.75 Å². The summed E-state index contributed by atoms with van der Waals surface area (Å²) in [6.07, 6.45) is 5.74. The molecule has 3 aromatic rings. The monoisotopic (exact) mass is 416 g/mol. The van der Waals surface area contributed by atoms with Gasteiger partial charge in [-0.2, -0.15) is 0 Å². The van der Waals surface area contributed by atoms with Crippen LogP contribution in [0.5, 0.6) is 5.75 Å². The lowest BCUT2D eigenvalue weighted by Crippen LogP contribution is -2.09. The molecule has 0 aliphatic rings. The summed E-state index contributed by atoms with van der Waals surface area (Å²) in [5, 5.41) is 0.532. The minimum Gasteiger partial charge on any atom is -0.612 e. The molecular weight excluding hydrogens is 392 g/mol. The maximum absolute atomic E-state index is 13.1. The molecule has 1 heterocycles. The zero-order chi connectivity index (χ0) is 21.0. The lowest BCUT2D eigenvalue weighted by molar-refractivity contribution is 0.0601. The summed E-state index contributed by atoms with van der Waals surface area (Å²) >= 11 is -1.30.